The molecule has 0 aliphatic carbocycles. The maximum atomic E-state index is 14.7. The number of anilines is 1. The normalized spacial score (nSPS) is 13.0. The second-order valence-electron chi connectivity index (χ2n) is 10.1. The summed E-state index contributed by atoms with van der Waals surface area (Å²) in [5.74, 6) is -5.99. The van der Waals surface area contributed by atoms with Crippen LogP contribution in [0.25, 0.3) is 22.0 Å². The minimum absolute atomic E-state index is 0.196. The van der Waals surface area contributed by atoms with Crippen LogP contribution in [0.15, 0.2) is 52.2 Å². The Kier molecular flexibility index (Phi) is 8.61. The molecule has 0 bridgehead atoms. The molecule has 0 spiro atoms. The van der Waals surface area contributed by atoms with Gasteiger partial charge in [0.15, 0.2) is 0 Å². The number of amides is 1. The summed E-state index contributed by atoms with van der Waals surface area (Å²) in [4.78, 5) is 54.7. The Labute approximate surface area is 245 Å². The maximum absolute atomic E-state index is 14.7. The van der Waals surface area contributed by atoms with E-state index in [1.807, 2.05) is 5.32 Å². The zero-order chi connectivity index (χ0) is 32.7. The van der Waals surface area contributed by atoms with Crippen LogP contribution in [0, 0.1) is 18.6 Å². The number of carbonyl (C=O) groups is 2. The summed E-state index contributed by atoms with van der Waals surface area (Å²) in [6.07, 6.45) is -3.63. The van der Waals surface area contributed by atoms with E-state index in [-0.39, 0.29) is 12.0 Å². The molecule has 0 radical (unpaired) electrons. The lowest BCUT2D eigenvalue weighted by Crippen LogP contribution is -2.43. The third kappa shape index (κ3) is 6.02. The fourth-order valence-electron chi connectivity index (χ4n) is 4.72. The van der Waals surface area contributed by atoms with Gasteiger partial charge >= 0.3 is 17.8 Å². The number of carboxylic acid groups (broad SMARTS) is 1. The van der Waals surface area contributed by atoms with Crippen molar-refractivity contribution in [3.8, 4) is 11.1 Å². The molecule has 2 aromatic heterocycles. The summed E-state index contributed by atoms with van der Waals surface area (Å²) in [5.41, 5.74) is -1.26. The maximum Gasteiger partial charge on any atom is 0.408 e. The fourth-order valence-corrected chi connectivity index (χ4v) is 4.72. The topological polar surface area (TPSA) is 135 Å². The molecule has 2 heterocycles. The molecule has 0 unspecified atom stereocenters. The van der Waals surface area contributed by atoms with E-state index in [1.165, 1.54) is 37.0 Å². The number of pyridine rings is 1. The monoisotopic (exact) mass is 619 g/mol. The minimum atomic E-state index is -4.71. The predicted octanol–water partition coefficient (Wildman–Crippen LogP) is 3.67. The summed E-state index contributed by atoms with van der Waals surface area (Å²) < 4.78 is 70.2. The average molecular weight is 620 g/mol. The van der Waals surface area contributed by atoms with Gasteiger partial charge in [0, 0.05) is 49.0 Å². The molecule has 0 aliphatic rings. The number of aliphatic carboxylic acids is 1. The number of carboxylic acids is 1. The van der Waals surface area contributed by atoms with Crippen LogP contribution < -0.4 is 21.9 Å². The highest BCUT2D eigenvalue weighted by Crippen LogP contribution is 2.30. The molecule has 2 atom stereocenters. The zero-order valence-electron chi connectivity index (χ0n) is 23.7. The Morgan fingerprint density at radius 2 is 1.68 bits per heavy atom. The van der Waals surface area contributed by atoms with Crippen molar-refractivity contribution in [3.05, 3.63) is 91.9 Å². The number of aromatic nitrogens is 3. The van der Waals surface area contributed by atoms with E-state index in [4.69, 9.17) is 0 Å². The van der Waals surface area contributed by atoms with Gasteiger partial charge in [-0.3, -0.25) is 19.1 Å². The molecule has 44 heavy (non-hydrogen) atoms. The van der Waals surface area contributed by atoms with Gasteiger partial charge in [-0.25, -0.2) is 18.4 Å². The van der Waals surface area contributed by atoms with Crippen LogP contribution in [0.2, 0.25) is 0 Å². The predicted molar refractivity (Wildman–Crippen MR) is 150 cm³/mol. The van der Waals surface area contributed by atoms with Crippen LogP contribution >= 0.6 is 0 Å². The van der Waals surface area contributed by atoms with Gasteiger partial charge in [0.2, 0.25) is 0 Å². The molecular formula is C29H26F5N5O5. The number of hydrogen-bond acceptors (Lipinski definition) is 6. The molecule has 0 fully saturated rings. The van der Waals surface area contributed by atoms with Gasteiger partial charge in [-0.1, -0.05) is 18.2 Å². The van der Waals surface area contributed by atoms with Gasteiger partial charge in [0.25, 0.3) is 11.5 Å². The Balaban J connectivity index is 1.68. The number of nitrogens with one attached hydrogen (secondary N) is 2. The molecule has 2 aromatic carbocycles. The lowest BCUT2D eigenvalue weighted by Gasteiger charge is -2.20. The van der Waals surface area contributed by atoms with Crippen LogP contribution in [-0.2, 0) is 25.3 Å². The quantitative estimate of drug-likeness (QED) is 0.256. The first-order valence-corrected chi connectivity index (χ1v) is 13.0. The first kappa shape index (κ1) is 31.8. The van der Waals surface area contributed by atoms with Crippen LogP contribution in [0.5, 0.6) is 0 Å². The number of carbonyl (C=O) groups excluding carboxylic acids is 1. The van der Waals surface area contributed by atoms with Crippen LogP contribution in [0.1, 0.15) is 28.5 Å². The van der Waals surface area contributed by atoms with E-state index in [2.05, 4.69) is 10.3 Å². The molecule has 0 saturated carbocycles. The first-order valence-electron chi connectivity index (χ1n) is 13.0. The number of rotatable bonds is 8. The molecule has 15 heteroatoms. The highest BCUT2D eigenvalue weighted by molar-refractivity contribution is 5.98. The Hall–Kier alpha value is -5.08. The number of nitrogens with zero attached hydrogens (tertiary/aromatic N) is 3. The molecule has 0 saturated heterocycles. The summed E-state index contributed by atoms with van der Waals surface area (Å²) in [6, 6.07) is 3.35. The second-order valence-corrected chi connectivity index (χ2v) is 10.1. The van der Waals surface area contributed by atoms with Crippen molar-refractivity contribution in [2.45, 2.75) is 38.5 Å². The van der Waals surface area contributed by atoms with Gasteiger partial charge in [-0.05, 0) is 37.6 Å². The Morgan fingerprint density at radius 1 is 1.05 bits per heavy atom. The highest BCUT2D eigenvalue weighted by Gasteiger charge is 2.36. The molecule has 0 aliphatic heterocycles. The standard InChI is InChI=1S/C29H26F5N5O5/c1-13-22(26(41)39(4)28(44)38(13)3)18-8-7-15(17-6-5-9-35-24(17)18)10-21(27(42)43)37-25(40)23-19(30)11-16(12-20(23)31)36-14(2)29(32,33)34/h5-9,11-12,14,21,36H,10H2,1-4H3,(H,37,40)(H,42,43)/t14-,21+/m1/s1. The van der Waals surface area contributed by atoms with Crippen molar-refractivity contribution in [2.24, 2.45) is 14.1 Å². The summed E-state index contributed by atoms with van der Waals surface area (Å²) in [7, 11) is 2.83. The van der Waals surface area contributed by atoms with Gasteiger partial charge in [-0.2, -0.15) is 13.2 Å². The van der Waals surface area contributed by atoms with Crippen molar-refractivity contribution in [2.75, 3.05) is 5.32 Å². The summed E-state index contributed by atoms with van der Waals surface area (Å²) in [6.45, 7) is 2.33. The highest BCUT2D eigenvalue weighted by atomic mass is 19.4. The fraction of sp³-hybridized carbons (Fsp3) is 0.276. The molecule has 10 nitrogen and oxygen atoms in total. The van der Waals surface area contributed by atoms with E-state index >= 15 is 0 Å². The third-order valence-corrected chi connectivity index (χ3v) is 7.26. The van der Waals surface area contributed by atoms with Crippen molar-refractivity contribution in [3.63, 3.8) is 0 Å². The largest absolute Gasteiger partial charge is 0.480 e. The average Bonchev–Trinajstić information content (AvgIpc) is 2.94. The molecule has 1 amide bonds. The number of benzene rings is 2. The lowest BCUT2D eigenvalue weighted by atomic mass is 9.95. The Morgan fingerprint density at radius 3 is 2.27 bits per heavy atom. The van der Waals surface area contributed by atoms with E-state index in [0.29, 0.717) is 39.9 Å². The molecule has 4 aromatic rings. The van der Waals surface area contributed by atoms with Crippen LogP contribution in [-0.4, -0.2) is 49.4 Å². The zero-order valence-corrected chi connectivity index (χ0v) is 23.7. The van der Waals surface area contributed by atoms with Gasteiger partial charge in [0.1, 0.15) is 29.3 Å². The number of halogens is 5. The summed E-state index contributed by atoms with van der Waals surface area (Å²) in [5, 5.41) is 14.2. The van der Waals surface area contributed by atoms with Crippen molar-refractivity contribution in [1.82, 2.24) is 19.4 Å². The number of alkyl halides is 3. The molecular weight excluding hydrogens is 593 g/mol. The third-order valence-electron chi connectivity index (χ3n) is 7.26. The number of fused-ring (bicyclic) bond motifs is 1. The van der Waals surface area contributed by atoms with Crippen LogP contribution in [0.4, 0.5) is 27.6 Å². The van der Waals surface area contributed by atoms with Gasteiger partial charge in [-0.15, -0.1) is 0 Å². The van der Waals surface area contributed by atoms with E-state index in [9.17, 15) is 46.2 Å². The van der Waals surface area contributed by atoms with Gasteiger partial charge in [0.05, 0.1) is 11.1 Å². The van der Waals surface area contributed by atoms with E-state index < -0.39 is 64.3 Å². The minimum Gasteiger partial charge on any atom is -0.480 e. The van der Waals surface area contributed by atoms with Crippen molar-refractivity contribution in [1.29, 1.82) is 0 Å². The Bertz CT molecular complexity index is 1900. The SMILES string of the molecule is Cc1c(-c2ccc(C[C@H](NC(=O)c3c(F)cc(N[C@H](C)C(F)(F)F)cc3F)C(=O)O)c3cccnc23)c(=O)n(C)c(=O)n1C. The second kappa shape index (κ2) is 11.9. The smallest absolute Gasteiger partial charge is 0.408 e. The number of hydrogen-bond donors (Lipinski definition) is 3. The first-order chi connectivity index (χ1) is 20.5. The van der Waals surface area contributed by atoms with Gasteiger partial charge < -0.3 is 20.3 Å². The van der Waals surface area contributed by atoms with Crippen molar-refractivity contribution < 1.29 is 36.6 Å². The van der Waals surface area contributed by atoms with Crippen molar-refractivity contribution >= 4 is 28.5 Å². The van der Waals surface area contributed by atoms with E-state index in [1.54, 1.807) is 19.1 Å². The molecule has 4 rings (SSSR count). The van der Waals surface area contributed by atoms with E-state index in [0.717, 1.165) is 11.5 Å². The lowest BCUT2D eigenvalue weighted by molar-refractivity contribution is -0.139. The molecule has 232 valence electrons. The summed E-state index contributed by atoms with van der Waals surface area (Å²) >= 11 is 0. The van der Waals surface area contributed by atoms with Crippen LogP contribution in [0.3, 0.4) is 0 Å². The molecule has 3 N–H and O–H groups in total.